The predicted octanol–water partition coefficient (Wildman–Crippen LogP) is 13.7. The zero-order valence-corrected chi connectivity index (χ0v) is 46.8. The smallest absolute Gasteiger partial charge is 0.164 e. The van der Waals surface area contributed by atoms with Crippen molar-refractivity contribution in [2.75, 3.05) is 0 Å². The summed E-state index contributed by atoms with van der Waals surface area (Å²) in [5.41, 5.74) is 11.0. The maximum absolute atomic E-state index is 9.51. The molecule has 0 bridgehead atoms. The molecular weight excluding hydrogens is 1120 g/mol. The van der Waals surface area contributed by atoms with Crippen LogP contribution >= 0.6 is 0 Å². The van der Waals surface area contributed by atoms with Crippen molar-refractivity contribution < 1.29 is 0 Å². The Morgan fingerprint density at radius 3 is 0.289 bits per heavy atom. The summed E-state index contributed by atoms with van der Waals surface area (Å²) in [6, 6.07) is 77.4. The lowest BCUT2D eigenvalue weighted by Crippen LogP contribution is -2.02. The first-order valence-corrected chi connectivity index (χ1v) is 27.6. The Hall–Kier alpha value is -14.0. The van der Waals surface area contributed by atoms with E-state index in [0.29, 0.717) is 170 Å². The Labute approximate surface area is 513 Å². The van der Waals surface area contributed by atoms with Gasteiger partial charge in [-0.15, -0.1) is 0 Å². The SMILES string of the molecule is N#Cc1ccc(-c2nc(-c3ccc(C#N)cc3)nc(-c3ccc(-c4nc(-c5ccc(-c6nc(-c7ccc(C#N)cc7)nc(-c7ccc(C#N)cc7)n6)cc5)nc(-c5ccc(-c6nc(-c7ccc(C#N)cc7)nc(-c7ccc(C#N)cc7)n6)cc5)n4)cc3)n2)cc1. The van der Waals surface area contributed by atoms with Gasteiger partial charge in [-0.3, -0.25) is 0 Å². The van der Waals surface area contributed by atoms with Crippen LogP contribution in [0.2, 0.25) is 0 Å². The van der Waals surface area contributed by atoms with E-state index < -0.39 is 0 Å². The van der Waals surface area contributed by atoms with Crippen molar-refractivity contribution in [3.63, 3.8) is 0 Å². The molecule has 4 aromatic heterocycles. The fourth-order valence-corrected chi connectivity index (χ4v) is 9.52. The highest BCUT2D eigenvalue weighted by Crippen LogP contribution is 2.33. The van der Waals surface area contributed by atoms with Crippen molar-refractivity contribution in [3.8, 4) is 173 Å². The molecule has 0 fully saturated rings. The van der Waals surface area contributed by atoms with Crippen LogP contribution in [0.15, 0.2) is 218 Å². The van der Waals surface area contributed by atoms with Crippen molar-refractivity contribution >= 4 is 0 Å². The van der Waals surface area contributed by atoms with Crippen LogP contribution in [0.1, 0.15) is 33.4 Å². The number of hydrogen-bond donors (Lipinski definition) is 0. The van der Waals surface area contributed by atoms with Crippen LogP contribution in [0, 0.1) is 68.0 Å². The molecule has 0 radical (unpaired) electrons. The lowest BCUT2D eigenvalue weighted by Gasteiger charge is -2.11. The zero-order chi connectivity index (χ0) is 61.5. The van der Waals surface area contributed by atoms with Crippen molar-refractivity contribution in [2.24, 2.45) is 0 Å². The maximum atomic E-state index is 9.51. The molecule has 0 amide bonds. The monoisotopic (exact) mass is 1150 g/mol. The molecule has 0 atom stereocenters. The van der Waals surface area contributed by atoms with E-state index in [1.807, 2.05) is 72.8 Å². The van der Waals surface area contributed by atoms with Crippen molar-refractivity contribution in [1.29, 1.82) is 31.6 Å². The summed E-state index contributed by atoms with van der Waals surface area (Å²) in [5.74, 6) is 4.54. The van der Waals surface area contributed by atoms with Crippen LogP contribution in [0.4, 0.5) is 0 Å². The summed E-state index contributed by atoms with van der Waals surface area (Å²) < 4.78 is 0. The Bertz CT molecular complexity index is 4410. The van der Waals surface area contributed by atoms with E-state index in [1.165, 1.54) is 0 Å². The minimum Gasteiger partial charge on any atom is -0.208 e. The Balaban J connectivity index is 0.899. The summed E-state index contributed by atoms with van der Waals surface area (Å²) in [7, 11) is 0. The van der Waals surface area contributed by atoms with Gasteiger partial charge < -0.3 is 0 Å². The van der Waals surface area contributed by atoms with Gasteiger partial charge in [-0.1, -0.05) is 72.8 Å². The molecule has 0 aliphatic rings. The maximum Gasteiger partial charge on any atom is 0.164 e. The van der Waals surface area contributed by atoms with Gasteiger partial charge >= 0.3 is 0 Å². The number of rotatable bonds is 12. The number of nitrogens with zero attached hydrogens (tertiary/aromatic N) is 18. The third kappa shape index (κ3) is 11.6. The summed E-state index contributed by atoms with van der Waals surface area (Å²) in [5, 5.41) is 57.1. The number of benzene rings is 9. The second-order valence-electron chi connectivity index (χ2n) is 20.1. The first-order valence-electron chi connectivity index (χ1n) is 27.6. The van der Waals surface area contributed by atoms with E-state index in [-0.39, 0.29) is 0 Å². The van der Waals surface area contributed by atoms with Crippen molar-refractivity contribution in [1.82, 2.24) is 59.8 Å². The minimum absolute atomic E-state index is 0.357. The molecule has 0 aliphatic carbocycles. The lowest BCUT2D eigenvalue weighted by atomic mass is 10.1. The van der Waals surface area contributed by atoms with E-state index in [9.17, 15) is 31.6 Å². The van der Waals surface area contributed by atoms with Gasteiger partial charge in [0.25, 0.3) is 0 Å². The highest BCUT2D eigenvalue weighted by molar-refractivity contribution is 5.75. The quantitative estimate of drug-likeness (QED) is 0.110. The topological polar surface area (TPSA) is 297 Å². The third-order valence-electron chi connectivity index (χ3n) is 14.4. The lowest BCUT2D eigenvalue weighted by molar-refractivity contribution is 1.07. The number of aromatic nitrogens is 12. The summed E-state index contributed by atoms with van der Waals surface area (Å²) in [6.07, 6.45) is 0. The molecule has 13 rings (SSSR count). The van der Waals surface area contributed by atoms with Gasteiger partial charge in [-0.25, -0.2) is 59.8 Å². The average molecular weight is 1150 g/mol. The summed E-state index contributed by atoms with van der Waals surface area (Å²) in [4.78, 5) is 59.1. The standard InChI is InChI=1S/C72H36N18/c73-37-43-1-13-49(14-2-43)61-79-62(50-15-3-44(38-74)4-16-50)83-67(82-61)55-25-31-58(32-26-55)70-88-71(59-33-27-56(28-34-59)68-84-63(51-17-5-45(39-75)6-18-51)80-64(85-68)52-19-7-46(40-76)8-20-52)90-72(89-70)60-35-29-57(30-36-60)69-86-65(53-21-9-47(41-77)10-22-53)81-66(87-69)54-23-11-48(42-78)12-24-54/h1-36H. The molecule has 414 valence electrons. The second kappa shape index (κ2) is 24.3. The zero-order valence-electron chi connectivity index (χ0n) is 46.8. The first-order chi connectivity index (χ1) is 44.2. The van der Waals surface area contributed by atoms with Gasteiger partial charge in [-0.05, 0) is 146 Å². The van der Waals surface area contributed by atoms with Crippen LogP contribution in [-0.4, -0.2) is 59.8 Å². The van der Waals surface area contributed by atoms with Crippen LogP contribution in [0.25, 0.3) is 137 Å². The van der Waals surface area contributed by atoms with Crippen LogP contribution in [0.3, 0.4) is 0 Å². The Morgan fingerprint density at radius 2 is 0.211 bits per heavy atom. The second-order valence-corrected chi connectivity index (χ2v) is 20.1. The molecule has 18 heteroatoms. The normalized spacial score (nSPS) is 10.6. The Morgan fingerprint density at radius 1 is 0.133 bits per heavy atom. The highest BCUT2D eigenvalue weighted by Gasteiger charge is 2.20. The molecule has 4 heterocycles. The molecule has 0 spiro atoms. The van der Waals surface area contributed by atoms with Gasteiger partial charge in [0.15, 0.2) is 69.9 Å². The Kier molecular flexibility index (Phi) is 14.9. The van der Waals surface area contributed by atoms with E-state index in [4.69, 9.17) is 59.8 Å². The van der Waals surface area contributed by atoms with Crippen LogP contribution in [-0.2, 0) is 0 Å². The average Bonchev–Trinajstić information content (AvgIpc) is 2.57. The number of nitriles is 6. The van der Waals surface area contributed by atoms with E-state index in [2.05, 4.69) is 36.4 Å². The molecule has 90 heavy (non-hydrogen) atoms. The van der Waals surface area contributed by atoms with Crippen LogP contribution in [0.5, 0.6) is 0 Å². The molecular formula is C72H36N18. The molecule has 13 aromatic rings. The fraction of sp³-hybridized carbons (Fsp3) is 0. The largest absolute Gasteiger partial charge is 0.208 e. The summed E-state index contributed by atoms with van der Waals surface area (Å²) in [6.45, 7) is 0. The van der Waals surface area contributed by atoms with E-state index in [1.54, 1.807) is 146 Å². The van der Waals surface area contributed by atoms with Gasteiger partial charge in [0.05, 0.1) is 69.8 Å². The minimum atomic E-state index is 0.357. The number of hydrogen-bond acceptors (Lipinski definition) is 18. The van der Waals surface area contributed by atoms with Gasteiger partial charge in [-0.2, -0.15) is 31.6 Å². The molecule has 0 N–H and O–H groups in total. The van der Waals surface area contributed by atoms with Gasteiger partial charge in [0, 0.05) is 66.8 Å². The fourth-order valence-electron chi connectivity index (χ4n) is 9.52. The molecule has 0 unspecified atom stereocenters. The van der Waals surface area contributed by atoms with E-state index >= 15 is 0 Å². The van der Waals surface area contributed by atoms with Crippen LogP contribution < -0.4 is 0 Å². The summed E-state index contributed by atoms with van der Waals surface area (Å²) >= 11 is 0. The molecule has 0 saturated heterocycles. The first kappa shape index (κ1) is 55.2. The predicted molar refractivity (Wildman–Crippen MR) is 334 cm³/mol. The molecule has 9 aromatic carbocycles. The van der Waals surface area contributed by atoms with Gasteiger partial charge in [0.1, 0.15) is 0 Å². The highest BCUT2D eigenvalue weighted by atomic mass is 15.1. The third-order valence-corrected chi connectivity index (χ3v) is 14.4. The molecule has 18 nitrogen and oxygen atoms in total. The van der Waals surface area contributed by atoms with Gasteiger partial charge in [0.2, 0.25) is 0 Å². The van der Waals surface area contributed by atoms with Crippen molar-refractivity contribution in [3.05, 3.63) is 252 Å². The molecule has 0 saturated carbocycles. The van der Waals surface area contributed by atoms with Crippen molar-refractivity contribution in [2.45, 2.75) is 0 Å². The molecule has 0 aliphatic heterocycles. The van der Waals surface area contributed by atoms with E-state index in [0.717, 1.165) is 0 Å².